The van der Waals surface area contributed by atoms with E-state index in [-0.39, 0.29) is 42.6 Å². The summed E-state index contributed by atoms with van der Waals surface area (Å²) in [4.78, 5) is 16.5. The molecule has 3 aromatic rings. The Morgan fingerprint density at radius 1 is 1.06 bits per heavy atom. The van der Waals surface area contributed by atoms with Gasteiger partial charge in [-0.3, -0.25) is 0 Å². The Hall–Kier alpha value is -3.42. The lowest BCUT2D eigenvalue weighted by molar-refractivity contribution is -0.137. The zero-order valence-electron chi connectivity index (χ0n) is 17.6. The molecular formula is C21H20F3N5O4S. The maximum absolute atomic E-state index is 13.1. The van der Waals surface area contributed by atoms with Crippen LogP contribution in [-0.4, -0.2) is 54.6 Å². The number of hydrogen-bond donors (Lipinski definition) is 2. The van der Waals surface area contributed by atoms with Gasteiger partial charge in [0, 0.05) is 31.2 Å². The molecule has 9 nitrogen and oxygen atoms in total. The second-order valence-electron chi connectivity index (χ2n) is 7.32. The van der Waals surface area contributed by atoms with Crippen LogP contribution >= 0.6 is 0 Å². The standard InChI is InChI=1S/C21H20F3N5O4S/c22-21(23,24)15-2-1-3-16(12-15)26-20(30)27-18-13-17(4-5-19(18)28-7-6-25-14-28)34(31,32)29-8-10-33-11-9-29/h1-7,12-14H,8-11H2,(H2,26,27,30). The molecule has 2 heterocycles. The Balaban J connectivity index is 1.63. The van der Waals surface area contributed by atoms with Crippen LogP contribution in [0, 0.1) is 0 Å². The SMILES string of the molecule is O=C(Nc1cccc(C(F)(F)F)c1)Nc1cc(S(=O)(=O)N2CCOCC2)ccc1-n1ccnc1. The van der Waals surface area contributed by atoms with Crippen LogP contribution < -0.4 is 10.6 Å². The minimum Gasteiger partial charge on any atom is -0.379 e. The number of aromatic nitrogens is 2. The lowest BCUT2D eigenvalue weighted by Crippen LogP contribution is -2.40. The minimum absolute atomic E-state index is 0.0485. The summed E-state index contributed by atoms with van der Waals surface area (Å²) in [6, 6.07) is 7.55. The van der Waals surface area contributed by atoms with Crippen molar-refractivity contribution in [2.24, 2.45) is 0 Å². The van der Waals surface area contributed by atoms with Crippen molar-refractivity contribution in [1.29, 1.82) is 0 Å². The number of alkyl halides is 3. The van der Waals surface area contributed by atoms with Crippen LogP contribution in [0.4, 0.5) is 29.3 Å². The number of sulfonamides is 1. The van der Waals surface area contributed by atoms with E-state index in [0.29, 0.717) is 5.69 Å². The maximum Gasteiger partial charge on any atom is 0.416 e. The van der Waals surface area contributed by atoms with E-state index in [0.717, 1.165) is 12.1 Å². The van der Waals surface area contributed by atoms with Crippen LogP contribution in [0.5, 0.6) is 0 Å². The number of rotatable bonds is 5. The normalized spacial score (nSPS) is 15.1. The Labute approximate surface area is 193 Å². The summed E-state index contributed by atoms with van der Waals surface area (Å²) < 4.78 is 73.1. The van der Waals surface area contributed by atoms with Gasteiger partial charge in [-0.1, -0.05) is 6.07 Å². The molecule has 2 aromatic carbocycles. The Bertz CT molecular complexity index is 1270. The molecule has 2 amide bonds. The quantitative estimate of drug-likeness (QED) is 0.563. The first-order valence-corrected chi connectivity index (χ1v) is 11.5. The predicted molar refractivity (Wildman–Crippen MR) is 117 cm³/mol. The highest BCUT2D eigenvalue weighted by Gasteiger charge is 2.31. The van der Waals surface area contributed by atoms with E-state index in [9.17, 15) is 26.4 Å². The van der Waals surface area contributed by atoms with Gasteiger partial charge in [0.05, 0.1) is 41.4 Å². The fourth-order valence-electron chi connectivity index (χ4n) is 3.40. The van der Waals surface area contributed by atoms with Gasteiger partial charge >= 0.3 is 12.2 Å². The highest BCUT2D eigenvalue weighted by molar-refractivity contribution is 7.89. The van der Waals surface area contributed by atoms with Crippen molar-refractivity contribution < 1.29 is 31.1 Å². The van der Waals surface area contributed by atoms with Crippen molar-refractivity contribution in [1.82, 2.24) is 13.9 Å². The minimum atomic E-state index is -4.56. The summed E-state index contributed by atoms with van der Waals surface area (Å²) in [5, 5.41) is 4.88. The van der Waals surface area contributed by atoms with Gasteiger partial charge in [-0.2, -0.15) is 17.5 Å². The van der Waals surface area contributed by atoms with E-state index in [1.807, 2.05) is 0 Å². The smallest absolute Gasteiger partial charge is 0.379 e. The molecule has 0 unspecified atom stereocenters. The monoisotopic (exact) mass is 495 g/mol. The molecule has 1 fully saturated rings. The third-order valence-electron chi connectivity index (χ3n) is 5.05. The molecule has 34 heavy (non-hydrogen) atoms. The number of carbonyl (C=O) groups excluding carboxylic acids is 1. The highest BCUT2D eigenvalue weighted by atomic mass is 32.2. The van der Waals surface area contributed by atoms with E-state index >= 15 is 0 Å². The number of carbonyl (C=O) groups is 1. The number of anilines is 2. The van der Waals surface area contributed by atoms with Crippen molar-refractivity contribution in [2.45, 2.75) is 11.1 Å². The van der Waals surface area contributed by atoms with E-state index in [1.165, 1.54) is 47.2 Å². The number of benzene rings is 2. The second-order valence-corrected chi connectivity index (χ2v) is 9.26. The molecule has 0 atom stereocenters. The number of ether oxygens (including phenoxy) is 1. The van der Waals surface area contributed by atoms with Gasteiger partial charge in [0.2, 0.25) is 10.0 Å². The molecule has 2 N–H and O–H groups in total. The van der Waals surface area contributed by atoms with Crippen LogP contribution in [0.3, 0.4) is 0 Å². The average molecular weight is 495 g/mol. The zero-order chi connectivity index (χ0) is 24.3. The molecule has 0 bridgehead atoms. The summed E-state index contributed by atoms with van der Waals surface area (Å²) in [6.07, 6.45) is -0.00144. The van der Waals surface area contributed by atoms with Gasteiger partial charge in [-0.05, 0) is 36.4 Å². The lowest BCUT2D eigenvalue weighted by atomic mass is 10.2. The molecule has 0 radical (unpaired) electrons. The fraction of sp³-hybridized carbons (Fsp3) is 0.238. The molecule has 4 rings (SSSR count). The second kappa shape index (κ2) is 9.44. The molecule has 0 spiro atoms. The number of nitrogens with one attached hydrogen (secondary N) is 2. The van der Waals surface area contributed by atoms with Crippen LogP contribution in [0.25, 0.3) is 5.69 Å². The molecular weight excluding hydrogens is 475 g/mol. The van der Waals surface area contributed by atoms with Gasteiger partial charge < -0.3 is 19.9 Å². The maximum atomic E-state index is 13.1. The molecule has 13 heteroatoms. The van der Waals surface area contributed by atoms with Crippen LogP contribution in [0.2, 0.25) is 0 Å². The lowest BCUT2D eigenvalue weighted by Gasteiger charge is -2.26. The topological polar surface area (TPSA) is 106 Å². The Kier molecular flexibility index (Phi) is 6.59. The summed E-state index contributed by atoms with van der Waals surface area (Å²) in [6.45, 7) is 0.947. The number of amides is 2. The largest absolute Gasteiger partial charge is 0.416 e. The first-order valence-electron chi connectivity index (χ1n) is 10.1. The number of halogens is 3. The van der Waals surface area contributed by atoms with Crippen molar-refractivity contribution in [2.75, 3.05) is 36.9 Å². The van der Waals surface area contributed by atoms with E-state index in [2.05, 4.69) is 15.6 Å². The third kappa shape index (κ3) is 5.21. The molecule has 0 saturated carbocycles. The molecule has 1 aliphatic heterocycles. The van der Waals surface area contributed by atoms with E-state index in [4.69, 9.17) is 4.74 Å². The van der Waals surface area contributed by atoms with Crippen LogP contribution in [0.15, 0.2) is 66.1 Å². The molecule has 0 aliphatic carbocycles. The van der Waals surface area contributed by atoms with Gasteiger partial charge in [0.25, 0.3) is 0 Å². The van der Waals surface area contributed by atoms with Gasteiger partial charge in [-0.25, -0.2) is 18.2 Å². The van der Waals surface area contributed by atoms with E-state index in [1.54, 1.807) is 10.8 Å². The average Bonchev–Trinajstić information content (AvgIpc) is 3.34. The van der Waals surface area contributed by atoms with Crippen molar-refractivity contribution >= 4 is 27.4 Å². The molecule has 1 aromatic heterocycles. The Morgan fingerprint density at radius 2 is 1.82 bits per heavy atom. The van der Waals surface area contributed by atoms with Crippen molar-refractivity contribution in [3.63, 3.8) is 0 Å². The van der Waals surface area contributed by atoms with Crippen LogP contribution in [-0.2, 0) is 20.9 Å². The number of nitrogens with zero attached hydrogens (tertiary/aromatic N) is 3. The summed E-state index contributed by atoms with van der Waals surface area (Å²) >= 11 is 0. The number of morpholine rings is 1. The van der Waals surface area contributed by atoms with Crippen molar-refractivity contribution in [3.05, 3.63) is 66.7 Å². The fourth-order valence-corrected chi connectivity index (χ4v) is 4.83. The molecule has 180 valence electrons. The highest BCUT2D eigenvalue weighted by Crippen LogP contribution is 2.31. The van der Waals surface area contributed by atoms with Gasteiger partial charge in [0.1, 0.15) is 0 Å². The summed E-state index contributed by atoms with van der Waals surface area (Å²) in [7, 11) is -3.86. The van der Waals surface area contributed by atoms with E-state index < -0.39 is 27.8 Å². The zero-order valence-corrected chi connectivity index (χ0v) is 18.4. The Morgan fingerprint density at radius 3 is 2.50 bits per heavy atom. The van der Waals surface area contributed by atoms with Crippen LogP contribution in [0.1, 0.15) is 5.56 Å². The molecule has 1 aliphatic rings. The number of urea groups is 1. The summed E-state index contributed by atoms with van der Waals surface area (Å²) in [5.74, 6) is 0. The predicted octanol–water partition coefficient (Wildman–Crippen LogP) is 3.56. The first-order chi connectivity index (χ1) is 16.1. The van der Waals surface area contributed by atoms with Gasteiger partial charge in [0.15, 0.2) is 0 Å². The van der Waals surface area contributed by atoms with Gasteiger partial charge in [-0.15, -0.1) is 0 Å². The third-order valence-corrected chi connectivity index (χ3v) is 6.95. The number of imidazole rings is 1. The number of hydrogen-bond acceptors (Lipinski definition) is 5. The molecule has 1 saturated heterocycles. The first kappa shape index (κ1) is 23.7. The van der Waals surface area contributed by atoms with Crippen molar-refractivity contribution in [3.8, 4) is 5.69 Å². The summed E-state index contributed by atoms with van der Waals surface area (Å²) in [5.41, 5.74) is -0.453.